The Balaban J connectivity index is 2.39. The first-order valence-corrected chi connectivity index (χ1v) is 6.00. The summed E-state index contributed by atoms with van der Waals surface area (Å²) in [5.41, 5.74) is 6.20. The van der Waals surface area contributed by atoms with Crippen molar-refractivity contribution < 1.29 is 4.74 Å². The van der Waals surface area contributed by atoms with Crippen molar-refractivity contribution in [3.8, 4) is 11.8 Å². The molecule has 0 amide bonds. The number of benzene rings is 1. The predicted molar refractivity (Wildman–Crippen MR) is 68.8 cm³/mol. The molecule has 1 unspecified atom stereocenters. The summed E-state index contributed by atoms with van der Waals surface area (Å²) in [4.78, 5) is 0. The van der Waals surface area contributed by atoms with Crippen LogP contribution in [0, 0.1) is 11.3 Å². The third-order valence-electron chi connectivity index (χ3n) is 2.71. The standard InChI is InChI=1S/C14H20N2O/c1-3-12-7-4-5-8-13(12)17-10-6-9-14(2,16)11-15/h4-5,7-8H,3,6,9-10,16H2,1-2H3. The Morgan fingerprint density at radius 3 is 2.76 bits per heavy atom. The van der Waals surface area contributed by atoms with Crippen LogP contribution >= 0.6 is 0 Å². The third-order valence-corrected chi connectivity index (χ3v) is 2.71. The van der Waals surface area contributed by atoms with Gasteiger partial charge in [-0.15, -0.1) is 0 Å². The molecule has 2 N–H and O–H groups in total. The minimum atomic E-state index is -0.742. The summed E-state index contributed by atoms with van der Waals surface area (Å²) >= 11 is 0. The van der Waals surface area contributed by atoms with E-state index in [4.69, 9.17) is 15.7 Å². The van der Waals surface area contributed by atoms with Crippen LogP contribution in [0.25, 0.3) is 0 Å². The van der Waals surface area contributed by atoms with E-state index in [0.717, 1.165) is 18.6 Å². The van der Waals surface area contributed by atoms with Crippen LogP contribution in [-0.4, -0.2) is 12.1 Å². The second-order valence-electron chi connectivity index (χ2n) is 4.44. The summed E-state index contributed by atoms with van der Waals surface area (Å²) < 4.78 is 5.70. The highest BCUT2D eigenvalue weighted by molar-refractivity contribution is 5.33. The minimum absolute atomic E-state index is 0.603. The molecule has 0 fully saturated rings. The van der Waals surface area contributed by atoms with Crippen LogP contribution in [0.2, 0.25) is 0 Å². The highest BCUT2D eigenvalue weighted by atomic mass is 16.5. The van der Waals surface area contributed by atoms with E-state index in [0.29, 0.717) is 13.0 Å². The fraction of sp³-hybridized carbons (Fsp3) is 0.500. The summed E-state index contributed by atoms with van der Waals surface area (Å²) in [6.07, 6.45) is 2.40. The van der Waals surface area contributed by atoms with Gasteiger partial charge in [0.25, 0.3) is 0 Å². The molecule has 0 spiro atoms. The molecule has 3 nitrogen and oxygen atoms in total. The number of hydrogen-bond donors (Lipinski definition) is 1. The van der Waals surface area contributed by atoms with Crippen LogP contribution in [-0.2, 0) is 6.42 Å². The first-order chi connectivity index (χ1) is 8.09. The molecule has 0 bridgehead atoms. The number of ether oxygens (including phenoxy) is 1. The van der Waals surface area contributed by atoms with Gasteiger partial charge in [-0.25, -0.2) is 0 Å². The summed E-state index contributed by atoms with van der Waals surface area (Å²) in [5, 5.41) is 8.78. The number of nitriles is 1. The van der Waals surface area contributed by atoms with E-state index in [1.54, 1.807) is 6.92 Å². The van der Waals surface area contributed by atoms with Gasteiger partial charge in [0.1, 0.15) is 11.3 Å². The van der Waals surface area contributed by atoms with Crippen LogP contribution in [0.1, 0.15) is 32.3 Å². The molecule has 0 aliphatic carbocycles. The van der Waals surface area contributed by atoms with E-state index in [9.17, 15) is 0 Å². The lowest BCUT2D eigenvalue weighted by atomic mass is 10.00. The van der Waals surface area contributed by atoms with Crippen molar-refractivity contribution in [2.75, 3.05) is 6.61 Å². The molecule has 1 atom stereocenters. The van der Waals surface area contributed by atoms with Gasteiger partial charge < -0.3 is 10.5 Å². The topological polar surface area (TPSA) is 59.0 Å². The van der Waals surface area contributed by atoms with Gasteiger partial charge >= 0.3 is 0 Å². The highest BCUT2D eigenvalue weighted by Gasteiger charge is 2.16. The van der Waals surface area contributed by atoms with Crippen molar-refractivity contribution in [1.82, 2.24) is 0 Å². The molecule has 0 saturated heterocycles. The first kappa shape index (κ1) is 13.5. The Labute approximate surface area is 103 Å². The molecule has 0 aromatic heterocycles. The number of aryl methyl sites for hydroxylation is 1. The van der Waals surface area contributed by atoms with Gasteiger partial charge in [-0.1, -0.05) is 25.1 Å². The van der Waals surface area contributed by atoms with Gasteiger partial charge in [0.2, 0.25) is 0 Å². The second kappa shape index (κ2) is 6.27. The molecule has 1 aromatic rings. The molecule has 3 heteroatoms. The van der Waals surface area contributed by atoms with Crippen molar-refractivity contribution in [2.24, 2.45) is 5.73 Å². The number of rotatable bonds is 6. The van der Waals surface area contributed by atoms with E-state index >= 15 is 0 Å². The monoisotopic (exact) mass is 232 g/mol. The Morgan fingerprint density at radius 1 is 1.41 bits per heavy atom. The van der Waals surface area contributed by atoms with Crippen molar-refractivity contribution in [3.63, 3.8) is 0 Å². The van der Waals surface area contributed by atoms with Crippen molar-refractivity contribution >= 4 is 0 Å². The zero-order chi connectivity index (χ0) is 12.7. The van der Waals surface area contributed by atoms with E-state index < -0.39 is 5.54 Å². The number of nitrogens with zero attached hydrogens (tertiary/aromatic N) is 1. The van der Waals surface area contributed by atoms with Gasteiger partial charge in [0.05, 0.1) is 12.7 Å². The fourth-order valence-electron chi connectivity index (χ4n) is 1.61. The van der Waals surface area contributed by atoms with Gasteiger partial charge in [-0.2, -0.15) is 5.26 Å². The average Bonchev–Trinajstić information content (AvgIpc) is 2.35. The van der Waals surface area contributed by atoms with Crippen LogP contribution in [0.5, 0.6) is 5.75 Å². The van der Waals surface area contributed by atoms with E-state index in [1.165, 1.54) is 5.56 Å². The molecule has 0 heterocycles. The van der Waals surface area contributed by atoms with Gasteiger partial charge in [0, 0.05) is 0 Å². The van der Waals surface area contributed by atoms with Crippen LogP contribution in [0.4, 0.5) is 0 Å². The minimum Gasteiger partial charge on any atom is -0.493 e. The van der Waals surface area contributed by atoms with Crippen molar-refractivity contribution in [1.29, 1.82) is 5.26 Å². The predicted octanol–water partition coefficient (Wildman–Crippen LogP) is 2.65. The Hall–Kier alpha value is -1.53. The van der Waals surface area contributed by atoms with Crippen LogP contribution in [0.15, 0.2) is 24.3 Å². The number of hydrogen-bond acceptors (Lipinski definition) is 3. The van der Waals surface area contributed by atoms with Crippen molar-refractivity contribution in [2.45, 2.75) is 38.6 Å². The maximum Gasteiger partial charge on any atom is 0.122 e. The molecule has 0 radical (unpaired) electrons. The third kappa shape index (κ3) is 4.46. The maximum atomic E-state index is 8.78. The summed E-state index contributed by atoms with van der Waals surface area (Å²) in [6, 6.07) is 10.1. The smallest absolute Gasteiger partial charge is 0.122 e. The van der Waals surface area contributed by atoms with Gasteiger partial charge in [-0.05, 0) is 37.8 Å². The zero-order valence-electron chi connectivity index (χ0n) is 10.6. The normalized spacial score (nSPS) is 13.8. The lowest BCUT2D eigenvalue weighted by molar-refractivity contribution is 0.293. The Morgan fingerprint density at radius 2 is 2.12 bits per heavy atom. The molecule has 17 heavy (non-hydrogen) atoms. The van der Waals surface area contributed by atoms with Crippen LogP contribution in [0.3, 0.4) is 0 Å². The zero-order valence-corrected chi connectivity index (χ0v) is 10.6. The van der Waals surface area contributed by atoms with E-state index in [2.05, 4.69) is 19.1 Å². The molecule has 1 aromatic carbocycles. The molecule has 1 rings (SSSR count). The first-order valence-electron chi connectivity index (χ1n) is 6.00. The molecular formula is C14H20N2O. The highest BCUT2D eigenvalue weighted by Crippen LogP contribution is 2.19. The maximum absolute atomic E-state index is 8.78. The SMILES string of the molecule is CCc1ccccc1OCCCC(C)(N)C#N. The van der Waals surface area contributed by atoms with E-state index in [-0.39, 0.29) is 0 Å². The van der Waals surface area contributed by atoms with E-state index in [1.807, 2.05) is 18.2 Å². The molecule has 0 aliphatic heterocycles. The molecular weight excluding hydrogens is 212 g/mol. The van der Waals surface area contributed by atoms with Crippen LogP contribution < -0.4 is 10.5 Å². The Bertz CT molecular complexity index is 393. The van der Waals surface area contributed by atoms with Gasteiger partial charge in [-0.3, -0.25) is 0 Å². The lowest BCUT2D eigenvalue weighted by Crippen LogP contribution is -2.34. The molecule has 0 aliphatic rings. The quantitative estimate of drug-likeness (QED) is 0.767. The largest absolute Gasteiger partial charge is 0.493 e. The van der Waals surface area contributed by atoms with Gasteiger partial charge in [0.15, 0.2) is 0 Å². The summed E-state index contributed by atoms with van der Waals surface area (Å²) in [5.74, 6) is 0.936. The Kier molecular flexibility index (Phi) is 4.99. The average molecular weight is 232 g/mol. The fourth-order valence-corrected chi connectivity index (χ4v) is 1.61. The van der Waals surface area contributed by atoms with Crippen molar-refractivity contribution in [3.05, 3.63) is 29.8 Å². The lowest BCUT2D eigenvalue weighted by Gasteiger charge is -2.15. The molecule has 92 valence electrons. The summed E-state index contributed by atoms with van der Waals surface area (Å²) in [7, 11) is 0. The number of para-hydroxylation sites is 1. The molecule has 0 saturated carbocycles. The second-order valence-corrected chi connectivity index (χ2v) is 4.44. The summed E-state index contributed by atoms with van der Waals surface area (Å²) in [6.45, 7) is 4.45. The number of nitrogens with two attached hydrogens (primary N) is 1.